The van der Waals surface area contributed by atoms with Gasteiger partial charge in [0, 0.05) is 0 Å². The summed E-state index contributed by atoms with van der Waals surface area (Å²) in [5.74, 6) is 0. The molecule has 1 aliphatic heterocycles. The van der Waals surface area contributed by atoms with Crippen molar-refractivity contribution in [3.8, 4) is 0 Å². The lowest BCUT2D eigenvalue weighted by Gasteiger charge is -2.29. The van der Waals surface area contributed by atoms with E-state index in [9.17, 15) is 5.11 Å². The Morgan fingerprint density at radius 1 is 1.06 bits per heavy atom. The van der Waals surface area contributed by atoms with Crippen molar-refractivity contribution < 1.29 is 9.84 Å². The van der Waals surface area contributed by atoms with E-state index in [-0.39, 0.29) is 18.8 Å². The number of ether oxygens (including phenoxy) is 1. The van der Waals surface area contributed by atoms with Gasteiger partial charge in [0.05, 0.1) is 18.8 Å². The molecule has 0 aromatic heterocycles. The van der Waals surface area contributed by atoms with E-state index < -0.39 is 0 Å². The van der Waals surface area contributed by atoms with E-state index in [1.54, 1.807) is 0 Å². The Morgan fingerprint density at radius 2 is 1.89 bits per heavy atom. The number of hydrogen-bond donors (Lipinski definition) is 1. The average molecular weight is 242 g/mol. The highest BCUT2D eigenvalue weighted by Crippen LogP contribution is 2.32. The highest BCUT2D eigenvalue weighted by Gasteiger charge is 2.23. The van der Waals surface area contributed by atoms with E-state index in [2.05, 4.69) is 42.5 Å². The van der Waals surface area contributed by atoms with Gasteiger partial charge in [-0.2, -0.15) is 0 Å². The average Bonchev–Trinajstić information content (AvgIpc) is 2.47. The molecule has 3 rings (SSSR count). The van der Waals surface area contributed by atoms with Gasteiger partial charge in [-0.05, 0) is 41.7 Å². The monoisotopic (exact) mass is 242 g/mol. The van der Waals surface area contributed by atoms with Crippen LogP contribution in [0.3, 0.4) is 0 Å². The zero-order valence-corrected chi connectivity index (χ0v) is 10.4. The minimum atomic E-state index is 0.00946. The van der Waals surface area contributed by atoms with Crippen LogP contribution in [0.15, 0.2) is 42.5 Å². The lowest BCUT2D eigenvalue weighted by atomic mass is 9.96. The molecule has 94 valence electrons. The van der Waals surface area contributed by atoms with Crippen molar-refractivity contribution in [2.75, 3.05) is 6.61 Å². The van der Waals surface area contributed by atoms with E-state index in [0.29, 0.717) is 0 Å². The third-order valence-electron chi connectivity index (χ3n) is 3.70. The lowest BCUT2D eigenvalue weighted by Crippen LogP contribution is -2.25. The summed E-state index contributed by atoms with van der Waals surface area (Å²) >= 11 is 0. The predicted octanol–water partition coefficient (Wildman–Crippen LogP) is 3.44. The summed E-state index contributed by atoms with van der Waals surface area (Å²) in [6.07, 6.45) is 3.30. The molecule has 1 N–H and O–H groups in total. The Balaban J connectivity index is 1.89. The summed E-state index contributed by atoms with van der Waals surface area (Å²) in [6.45, 7) is 0.129. The molecule has 2 nitrogen and oxygen atoms in total. The van der Waals surface area contributed by atoms with E-state index in [1.165, 1.54) is 16.3 Å². The van der Waals surface area contributed by atoms with Crippen molar-refractivity contribution in [3.63, 3.8) is 0 Å². The van der Waals surface area contributed by atoms with Crippen molar-refractivity contribution in [2.45, 2.75) is 31.5 Å². The molecule has 0 aliphatic carbocycles. The van der Waals surface area contributed by atoms with Gasteiger partial charge >= 0.3 is 0 Å². The van der Waals surface area contributed by atoms with Crippen LogP contribution in [-0.2, 0) is 4.74 Å². The van der Waals surface area contributed by atoms with Gasteiger partial charge in [-0.15, -0.1) is 0 Å². The Bertz CT molecular complexity index is 535. The van der Waals surface area contributed by atoms with Crippen molar-refractivity contribution in [2.24, 2.45) is 0 Å². The normalized spacial score (nSPS) is 24.3. The van der Waals surface area contributed by atoms with Crippen LogP contribution in [-0.4, -0.2) is 17.8 Å². The molecule has 1 aliphatic rings. The molecule has 0 saturated carbocycles. The number of aliphatic hydroxyl groups is 1. The first kappa shape index (κ1) is 11.7. The molecule has 0 radical (unpaired) electrons. The number of benzene rings is 2. The van der Waals surface area contributed by atoms with Crippen LogP contribution in [0.4, 0.5) is 0 Å². The molecule has 1 heterocycles. The lowest BCUT2D eigenvalue weighted by molar-refractivity contribution is -0.0736. The molecule has 0 unspecified atom stereocenters. The van der Waals surface area contributed by atoms with Crippen LogP contribution in [0.1, 0.15) is 30.9 Å². The molecule has 0 amide bonds. The second kappa shape index (κ2) is 5.09. The zero-order chi connectivity index (χ0) is 12.4. The largest absolute Gasteiger partial charge is 0.394 e. The van der Waals surface area contributed by atoms with Gasteiger partial charge in [0.15, 0.2) is 0 Å². The first-order valence-electron chi connectivity index (χ1n) is 6.62. The molecular formula is C16H18O2. The van der Waals surface area contributed by atoms with E-state index >= 15 is 0 Å². The Morgan fingerprint density at radius 3 is 2.72 bits per heavy atom. The van der Waals surface area contributed by atoms with E-state index in [4.69, 9.17) is 4.74 Å². The first-order chi connectivity index (χ1) is 8.86. The topological polar surface area (TPSA) is 29.5 Å². The second-order valence-corrected chi connectivity index (χ2v) is 4.97. The summed E-state index contributed by atoms with van der Waals surface area (Å²) in [6, 6.07) is 14.9. The van der Waals surface area contributed by atoms with E-state index in [1.807, 2.05) is 0 Å². The molecule has 2 heteroatoms. The van der Waals surface area contributed by atoms with Crippen LogP contribution in [0.2, 0.25) is 0 Å². The highest BCUT2D eigenvalue weighted by molar-refractivity contribution is 5.83. The van der Waals surface area contributed by atoms with Crippen LogP contribution in [0.25, 0.3) is 10.8 Å². The molecular weight excluding hydrogens is 224 g/mol. The maximum absolute atomic E-state index is 9.20. The minimum absolute atomic E-state index is 0.00946. The first-order valence-corrected chi connectivity index (χ1v) is 6.62. The van der Waals surface area contributed by atoms with Crippen LogP contribution >= 0.6 is 0 Å². The summed E-state index contributed by atoms with van der Waals surface area (Å²) in [7, 11) is 0. The number of hydrogen-bond acceptors (Lipinski definition) is 2. The highest BCUT2D eigenvalue weighted by atomic mass is 16.5. The summed E-state index contributed by atoms with van der Waals surface area (Å²) in [5, 5.41) is 11.7. The number of fused-ring (bicyclic) bond motifs is 1. The smallest absolute Gasteiger partial charge is 0.0830 e. The Hall–Kier alpha value is -1.38. The molecule has 0 spiro atoms. The maximum Gasteiger partial charge on any atom is 0.0830 e. The number of aliphatic hydroxyl groups excluding tert-OH is 1. The van der Waals surface area contributed by atoms with Gasteiger partial charge < -0.3 is 9.84 Å². The Labute approximate surface area is 107 Å². The van der Waals surface area contributed by atoms with Gasteiger partial charge in [0.25, 0.3) is 0 Å². The quantitative estimate of drug-likeness (QED) is 0.874. The molecule has 2 aromatic rings. The molecule has 2 aromatic carbocycles. The SMILES string of the molecule is OC[C@H]1CCC[C@@H](c2ccc3ccccc3c2)O1. The fourth-order valence-electron chi connectivity index (χ4n) is 2.69. The minimum Gasteiger partial charge on any atom is -0.394 e. The van der Waals surface area contributed by atoms with Gasteiger partial charge in [0.1, 0.15) is 0 Å². The Kier molecular flexibility index (Phi) is 3.31. The van der Waals surface area contributed by atoms with Crippen molar-refractivity contribution in [3.05, 3.63) is 48.0 Å². The summed E-state index contributed by atoms with van der Waals surface area (Å²) in [4.78, 5) is 0. The van der Waals surface area contributed by atoms with Gasteiger partial charge in [-0.3, -0.25) is 0 Å². The van der Waals surface area contributed by atoms with Crippen LogP contribution in [0, 0.1) is 0 Å². The molecule has 2 atom stereocenters. The molecule has 0 bridgehead atoms. The van der Waals surface area contributed by atoms with Crippen LogP contribution in [0.5, 0.6) is 0 Å². The van der Waals surface area contributed by atoms with Gasteiger partial charge in [-0.25, -0.2) is 0 Å². The van der Waals surface area contributed by atoms with E-state index in [0.717, 1.165) is 19.3 Å². The van der Waals surface area contributed by atoms with Gasteiger partial charge in [-0.1, -0.05) is 36.4 Å². The second-order valence-electron chi connectivity index (χ2n) is 4.97. The third-order valence-corrected chi connectivity index (χ3v) is 3.70. The van der Waals surface area contributed by atoms with Gasteiger partial charge in [0.2, 0.25) is 0 Å². The zero-order valence-electron chi connectivity index (χ0n) is 10.4. The third kappa shape index (κ3) is 2.26. The fraction of sp³-hybridized carbons (Fsp3) is 0.375. The molecule has 1 fully saturated rings. The summed E-state index contributed by atoms with van der Waals surface area (Å²) in [5.41, 5.74) is 1.23. The molecule has 1 saturated heterocycles. The number of rotatable bonds is 2. The molecule has 18 heavy (non-hydrogen) atoms. The standard InChI is InChI=1S/C16H18O2/c17-11-15-6-3-7-16(18-15)14-9-8-12-4-1-2-5-13(12)10-14/h1-2,4-5,8-10,15-17H,3,6-7,11H2/t15-,16+/m1/s1. The van der Waals surface area contributed by atoms with Crippen molar-refractivity contribution >= 4 is 10.8 Å². The summed E-state index contributed by atoms with van der Waals surface area (Å²) < 4.78 is 5.92. The fourth-order valence-corrected chi connectivity index (χ4v) is 2.69. The maximum atomic E-state index is 9.20. The predicted molar refractivity (Wildman–Crippen MR) is 72.5 cm³/mol. The van der Waals surface area contributed by atoms with Crippen molar-refractivity contribution in [1.82, 2.24) is 0 Å². The van der Waals surface area contributed by atoms with Crippen LogP contribution < -0.4 is 0 Å². The van der Waals surface area contributed by atoms with Crippen molar-refractivity contribution in [1.29, 1.82) is 0 Å².